The summed E-state index contributed by atoms with van der Waals surface area (Å²) >= 11 is 0. The predicted molar refractivity (Wildman–Crippen MR) is 229 cm³/mol. The van der Waals surface area contributed by atoms with E-state index in [4.69, 9.17) is 19.2 Å². The maximum atomic E-state index is 15.3. The minimum atomic E-state index is -1.49. The van der Waals surface area contributed by atoms with E-state index in [1.165, 1.54) is 24.0 Å². The molecule has 65 heavy (non-hydrogen) atoms. The lowest BCUT2D eigenvalue weighted by atomic mass is 9.78. The van der Waals surface area contributed by atoms with Crippen LogP contribution in [0.2, 0.25) is 0 Å². The van der Waals surface area contributed by atoms with Crippen molar-refractivity contribution in [1.82, 2.24) is 45.0 Å². The number of imide groups is 1. The Bertz CT molecular complexity index is 2250. The van der Waals surface area contributed by atoms with Gasteiger partial charge in [0.15, 0.2) is 0 Å². The Morgan fingerprint density at radius 2 is 1.65 bits per heavy atom. The van der Waals surface area contributed by atoms with Gasteiger partial charge in [0, 0.05) is 74.4 Å². The van der Waals surface area contributed by atoms with Gasteiger partial charge in [0.25, 0.3) is 17.7 Å². The summed E-state index contributed by atoms with van der Waals surface area (Å²) in [4.78, 5) is 58.5. The summed E-state index contributed by atoms with van der Waals surface area (Å²) in [5, 5.41) is 24.6. The van der Waals surface area contributed by atoms with Crippen LogP contribution in [-0.4, -0.2) is 141 Å². The molecule has 0 aliphatic carbocycles. The average molecular weight is 908 g/mol. The molecule has 4 amide bonds. The van der Waals surface area contributed by atoms with E-state index in [0.717, 1.165) is 28.7 Å². The van der Waals surface area contributed by atoms with Crippen molar-refractivity contribution >= 4 is 23.6 Å². The topological polar surface area (TPSA) is 195 Å². The highest BCUT2D eigenvalue weighted by Crippen LogP contribution is 2.43. The molecule has 0 bridgehead atoms. The van der Waals surface area contributed by atoms with Gasteiger partial charge in [-0.3, -0.25) is 24.1 Å². The number of aliphatic hydroxyl groups is 1. The van der Waals surface area contributed by atoms with Gasteiger partial charge >= 0.3 is 0 Å². The number of imidazole rings is 1. The molecule has 2 aliphatic heterocycles. The molecule has 0 spiro atoms. The molecule has 4 aromatic rings. The highest BCUT2D eigenvalue weighted by molar-refractivity contribution is 6.12. The molecule has 0 unspecified atom stereocenters. The zero-order valence-corrected chi connectivity index (χ0v) is 36.7. The highest BCUT2D eigenvalue weighted by Gasteiger charge is 2.45. The van der Waals surface area contributed by atoms with Crippen LogP contribution in [0.25, 0.3) is 11.3 Å². The lowest BCUT2D eigenvalue weighted by Crippen LogP contribution is -2.50. The predicted octanol–water partition coefficient (Wildman–Crippen LogP) is 2.98. The van der Waals surface area contributed by atoms with E-state index in [2.05, 4.69) is 20.9 Å². The van der Waals surface area contributed by atoms with Crippen molar-refractivity contribution in [3.05, 3.63) is 102 Å². The van der Waals surface area contributed by atoms with Gasteiger partial charge in [-0.05, 0) is 30.7 Å². The van der Waals surface area contributed by atoms with Crippen molar-refractivity contribution in [3.8, 4) is 11.3 Å². The number of nitrogens with one attached hydrogen (secondary N) is 2. The molecule has 1 saturated heterocycles. The van der Waals surface area contributed by atoms with Crippen LogP contribution in [0.3, 0.4) is 0 Å². The number of ether oxygens (including phenoxy) is 3. The van der Waals surface area contributed by atoms with Crippen LogP contribution in [-0.2, 0) is 53.0 Å². The molecule has 1 fully saturated rings. The number of carbonyl (C=O) groups excluding carboxylic acids is 4. The van der Waals surface area contributed by atoms with Gasteiger partial charge in [-0.25, -0.2) is 22.8 Å². The van der Waals surface area contributed by atoms with E-state index in [0.29, 0.717) is 32.1 Å². The van der Waals surface area contributed by atoms with E-state index in [-0.39, 0.29) is 88.5 Å². The van der Waals surface area contributed by atoms with E-state index in [9.17, 15) is 28.7 Å². The summed E-state index contributed by atoms with van der Waals surface area (Å²) in [6, 6.07) is 11.3. The van der Waals surface area contributed by atoms with Crippen LogP contribution in [0.1, 0.15) is 50.3 Å². The number of amides is 4. The fraction of sp³-hybridized carbons (Fsp3) is 0.489. The van der Waals surface area contributed by atoms with Gasteiger partial charge < -0.3 is 39.4 Å². The molecule has 0 saturated carbocycles. The third kappa shape index (κ3) is 13.4. The average Bonchev–Trinajstić information content (AvgIpc) is 4.07. The minimum absolute atomic E-state index is 0.0406. The third-order valence-electron chi connectivity index (χ3n) is 11.0. The lowest BCUT2D eigenvalue weighted by molar-refractivity contribution is -0.147. The molecular weight excluding hydrogens is 852 g/mol. The monoisotopic (exact) mass is 907 g/mol. The normalized spacial score (nSPS) is 17.2. The smallest absolute Gasteiger partial charge is 0.253 e. The molecule has 2 aliphatic rings. The van der Waals surface area contributed by atoms with Crippen LogP contribution in [0.4, 0.5) is 13.2 Å². The number of benzene rings is 2. The Kier molecular flexibility index (Phi) is 17.1. The molecule has 20 heteroatoms. The Hall–Kier alpha value is -5.80. The Morgan fingerprint density at radius 1 is 0.954 bits per heavy atom. The summed E-state index contributed by atoms with van der Waals surface area (Å²) in [6.07, 6.45) is 2.71. The van der Waals surface area contributed by atoms with Crippen LogP contribution in [0.15, 0.2) is 73.1 Å². The second-order valence-corrected chi connectivity index (χ2v) is 16.6. The number of alkyl halides is 1. The van der Waals surface area contributed by atoms with Gasteiger partial charge in [0.2, 0.25) is 5.91 Å². The van der Waals surface area contributed by atoms with Crippen molar-refractivity contribution in [2.24, 2.45) is 11.3 Å². The van der Waals surface area contributed by atoms with E-state index >= 15 is 8.78 Å². The van der Waals surface area contributed by atoms with Crippen molar-refractivity contribution in [2.75, 3.05) is 65.8 Å². The number of hydrogen-bond donors (Lipinski definition) is 3. The van der Waals surface area contributed by atoms with Crippen LogP contribution in [0.5, 0.6) is 0 Å². The summed E-state index contributed by atoms with van der Waals surface area (Å²) in [5.74, 6) is -3.64. The first-order valence-electron chi connectivity index (χ1n) is 21.5. The van der Waals surface area contributed by atoms with Gasteiger partial charge in [-0.2, -0.15) is 0 Å². The summed E-state index contributed by atoms with van der Waals surface area (Å²) < 4.78 is 65.1. The van der Waals surface area contributed by atoms with Crippen molar-refractivity contribution in [2.45, 2.75) is 65.1 Å². The Labute approximate surface area is 374 Å². The largest absolute Gasteiger partial charge is 0.384 e. The molecule has 3 N–H and O–H groups in total. The first-order chi connectivity index (χ1) is 31.2. The number of aliphatic hydroxyl groups excluding tert-OH is 1. The van der Waals surface area contributed by atoms with Crippen LogP contribution < -0.4 is 10.6 Å². The molecular formula is C45H56F3N9O8. The number of halogens is 3. The molecule has 17 nitrogen and oxygen atoms in total. The van der Waals surface area contributed by atoms with E-state index < -0.39 is 59.0 Å². The first kappa shape index (κ1) is 48.7. The summed E-state index contributed by atoms with van der Waals surface area (Å²) in [6.45, 7) is 7.60. The van der Waals surface area contributed by atoms with Crippen LogP contribution >= 0.6 is 0 Å². The Balaban J connectivity index is 1.04. The number of nitrogens with zero attached hydrogens (tertiary/aromatic N) is 7. The van der Waals surface area contributed by atoms with Gasteiger partial charge in [-0.1, -0.05) is 49.4 Å². The number of hydrogen-bond acceptors (Lipinski definition) is 12. The zero-order valence-electron chi connectivity index (χ0n) is 36.7. The SMILES string of the molecule is C[C@H](O)C(=O)N(C[C@@H]1CNC[C@@H]1F)[C@@H](c1nc(-c2cc(F)ccc2F)cn1Cc1ccccc1)C(C)(C)CC(=O)NCCOCCOCCOCCn1cc(CN2C(=O)C=CC2=O)nn1. The molecule has 0 radical (unpaired) electrons. The fourth-order valence-corrected chi connectivity index (χ4v) is 7.79. The molecule has 350 valence electrons. The molecule has 2 aromatic heterocycles. The maximum absolute atomic E-state index is 15.3. The maximum Gasteiger partial charge on any atom is 0.253 e. The van der Waals surface area contributed by atoms with Crippen molar-refractivity contribution in [1.29, 1.82) is 0 Å². The zero-order chi connectivity index (χ0) is 46.5. The number of aromatic nitrogens is 5. The van der Waals surface area contributed by atoms with Crippen molar-refractivity contribution in [3.63, 3.8) is 0 Å². The minimum Gasteiger partial charge on any atom is -0.384 e. The quantitative estimate of drug-likeness (QED) is 0.0652. The lowest BCUT2D eigenvalue weighted by Gasteiger charge is -2.43. The second-order valence-electron chi connectivity index (χ2n) is 16.6. The van der Waals surface area contributed by atoms with E-state index in [1.54, 1.807) is 35.5 Å². The summed E-state index contributed by atoms with van der Waals surface area (Å²) in [7, 11) is 0. The summed E-state index contributed by atoms with van der Waals surface area (Å²) in [5.41, 5.74) is 0.171. The van der Waals surface area contributed by atoms with Gasteiger partial charge in [-0.15, -0.1) is 5.10 Å². The molecule has 6 rings (SSSR count). The Morgan fingerprint density at radius 3 is 2.32 bits per heavy atom. The van der Waals surface area contributed by atoms with Crippen LogP contribution in [0, 0.1) is 23.0 Å². The fourth-order valence-electron chi connectivity index (χ4n) is 7.79. The van der Waals surface area contributed by atoms with Gasteiger partial charge in [0.1, 0.15) is 35.4 Å². The number of carbonyl (C=O) groups is 4. The molecule has 4 heterocycles. The molecule has 2 aromatic carbocycles. The third-order valence-corrected chi connectivity index (χ3v) is 11.0. The first-order valence-corrected chi connectivity index (χ1v) is 21.5. The standard InChI is InChI=1S/C45H56F3N9O8/c1-30(58)44(62)57(26-32-23-49-24-37(32)48)42(43-51-38(35-21-33(46)9-10-36(35)47)29-54(43)25-31-7-5-4-6-8-31)45(2,3)22-39(59)50-13-15-63-17-19-65-20-18-64-16-14-55-27-34(52-53-55)28-56-40(60)11-12-41(56)61/h4-12,21,27,29-30,32,37,42,49,58H,13-20,22-26,28H2,1-3H3,(H,50,59)/t30-,32-,37-,42-/m0/s1. The highest BCUT2D eigenvalue weighted by atomic mass is 19.1. The molecule has 4 atom stereocenters. The number of rotatable bonds is 25. The second kappa shape index (κ2) is 22.9. The van der Waals surface area contributed by atoms with Gasteiger partial charge in [0.05, 0.1) is 70.7 Å². The van der Waals surface area contributed by atoms with E-state index in [1.807, 2.05) is 30.3 Å². The van der Waals surface area contributed by atoms with Crippen molar-refractivity contribution < 1.29 is 51.7 Å².